The van der Waals surface area contributed by atoms with Gasteiger partial charge in [-0.15, -0.1) is 0 Å². The lowest BCUT2D eigenvalue weighted by molar-refractivity contribution is 0.688. The third kappa shape index (κ3) is 3.81. The number of halogens is 2. The molecule has 0 radical (unpaired) electrons. The molecular weight excluding hydrogens is 326 g/mol. The molecule has 0 amide bonds. The maximum absolute atomic E-state index is 6.19. The summed E-state index contributed by atoms with van der Waals surface area (Å²) < 4.78 is 2.87. The fourth-order valence-corrected chi connectivity index (χ4v) is 2.77. The van der Waals surface area contributed by atoms with Gasteiger partial charge in [-0.1, -0.05) is 40.5 Å². The molecule has 5 heteroatoms. The van der Waals surface area contributed by atoms with E-state index in [9.17, 15) is 0 Å². The van der Waals surface area contributed by atoms with E-state index in [1.54, 1.807) is 0 Å². The van der Waals surface area contributed by atoms with Gasteiger partial charge in [0.2, 0.25) is 0 Å². The van der Waals surface area contributed by atoms with Gasteiger partial charge >= 0.3 is 0 Å². The highest BCUT2D eigenvalue weighted by atomic mass is 79.9. The van der Waals surface area contributed by atoms with Crippen molar-refractivity contribution in [3.8, 4) is 0 Å². The summed E-state index contributed by atoms with van der Waals surface area (Å²) in [5.74, 6) is 0. The van der Waals surface area contributed by atoms with Gasteiger partial charge in [0.25, 0.3) is 0 Å². The summed E-state index contributed by atoms with van der Waals surface area (Å²) in [6.07, 6.45) is 3.02. The van der Waals surface area contributed by atoms with Gasteiger partial charge in [0.15, 0.2) is 0 Å². The third-order valence-electron chi connectivity index (χ3n) is 2.97. The van der Waals surface area contributed by atoms with Crippen LogP contribution in [0, 0.1) is 0 Å². The van der Waals surface area contributed by atoms with Crippen LogP contribution in [0.2, 0.25) is 5.02 Å². The van der Waals surface area contributed by atoms with Crippen molar-refractivity contribution in [2.45, 2.75) is 26.4 Å². The largest absolute Gasteiger partial charge is 0.308 e. The van der Waals surface area contributed by atoms with Gasteiger partial charge in [-0.2, -0.15) is 5.10 Å². The van der Waals surface area contributed by atoms with Crippen molar-refractivity contribution in [3.63, 3.8) is 0 Å². The molecule has 0 saturated carbocycles. The zero-order chi connectivity index (χ0) is 13.8. The second-order valence-electron chi connectivity index (χ2n) is 4.47. The minimum atomic E-state index is 0.754. The molecule has 0 unspecified atom stereocenters. The van der Waals surface area contributed by atoms with E-state index in [-0.39, 0.29) is 0 Å². The monoisotopic (exact) mass is 341 g/mol. The summed E-state index contributed by atoms with van der Waals surface area (Å²) in [6.45, 7) is 3.69. The van der Waals surface area contributed by atoms with Crippen molar-refractivity contribution in [3.05, 3.63) is 50.7 Å². The number of benzene rings is 1. The lowest BCUT2D eigenvalue weighted by atomic mass is 10.2. The molecule has 1 N–H and O–H groups in total. The molecule has 2 aromatic rings. The molecule has 0 atom stereocenters. The molecule has 2 rings (SSSR count). The van der Waals surface area contributed by atoms with Crippen molar-refractivity contribution >= 4 is 27.5 Å². The topological polar surface area (TPSA) is 29.9 Å². The fourth-order valence-electron chi connectivity index (χ4n) is 2.03. The van der Waals surface area contributed by atoms with E-state index in [0.717, 1.165) is 40.3 Å². The quantitative estimate of drug-likeness (QED) is 0.898. The van der Waals surface area contributed by atoms with Crippen LogP contribution in [-0.4, -0.2) is 9.78 Å². The van der Waals surface area contributed by atoms with Crippen LogP contribution < -0.4 is 5.32 Å². The van der Waals surface area contributed by atoms with Crippen molar-refractivity contribution < 1.29 is 0 Å². The smallest absolute Gasteiger partial charge is 0.0666 e. The molecule has 1 heterocycles. The van der Waals surface area contributed by atoms with Crippen molar-refractivity contribution in [1.29, 1.82) is 0 Å². The Balaban J connectivity index is 1.96. The molecule has 3 nitrogen and oxygen atoms in total. The lowest BCUT2D eigenvalue weighted by Crippen LogP contribution is -2.13. The van der Waals surface area contributed by atoms with E-state index < -0.39 is 0 Å². The molecular formula is C14H17BrClN3. The first-order chi connectivity index (χ1) is 9.10. The molecule has 19 heavy (non-hydrogen) atoms. The van der Waals surface area contributed by atoms with Crippen LogP contribution >= 0.6 is 27.5 Å². The average Bonchev–Trinajstić information content (AvgIpc) is 2.72. The Labute approximate surface area is 127 Å². The molecule has 0 aliphatic rings. The van der Waals surface area contributed by atoms with Crippen molar-refractivity contribution in [2.24, 2.45) is 7.05 Å². The van der Waals surface area contributed by atoms with Crippen LogP contribution in [0.5, 0.6) is 0 Å². The van der Waals surface area contributed by atoms with E-state index in [4.69, 9.17) is 11.6 Å². The first-order valence-electron chi connectivity index (χ1n) is 6.26. The molecule has 1 aromatic heterocycles. The predicted octanol–water partition coefficient (Wildman–Crippen LogP) is 3.69. The Morgan fingerprint density at radius 1 is 1.32 bits per heavy atom. The normalized spacial score (nSPS) is 10.9. The number of hydrogen-bond acceptors (Lipinski definition) is 2. The molecule has 0 bridgehead atoms. The second-order valence-corrected chi connectivity index (χ2v) is 5.79. The number of nitrogens with one attached hydrogen (secondary N) is 1. The molecule has 0 fully saturated rings. The van der Waals surface area contributed by atoms with Gasteiger partial charge < -0.3 is 5.32 Å². The van der Waals surface area contributed by atoms with Crippen LogP contribution in [0.4, 0.5) is 0 Å². The van der Waals surface area contributed by atoms with Gasteiger partial charge in [0, 0.05) is 41.4 Å². The zero-order valence-electron chi connectivity index (χ0n) is 11.1. The van der Waals surface area contributed by atoms with Crippen LogP contribution in [0.1, 0.15) is 23.7 Å². The van der Waals surface area contributed by atoms with Gasteiger partial charge in [0.1, 0.15) is 0 Å². The Bertz CT molecular complexity index is 566. The predicted molar refractivity (Wildman–Crippen MR) is 82.3 cm³/mol. The number of nitrogens with zero attached hydrogens (tertiary/aromatic N) is 2. The van der Waals surface area contributed by atoms with Gasteiger partial charge in [-0.3, -0.25) is 4.68 Å². The first kappa shape index (κ1) is 14.6. The van der Waals surface area contributed by atoms with E-state index in [2.05, 4.69) is 39.5 Å². The van der Waals surface area contributed by atoms with Gasteiger partial charge in [-0.05, 0) is 24.1 Å². The average molecular weight is 343 g/mol. The van der Waals surface area contributed by atoms with E-state index in [1.165, 1.54) is 5.56 Å². The molecule has 0 spiro atoms. The second kappa shape index (κ2) is 6.55. The molecule has 1 aromatic carbocycles. The summed E-state index contributed by atoms with van der Waals surface area (Å²) in [4.78, 5) is 0. The maximum Gasteiger partial charge on any atom is 0.0666 e. The standard InChI is InChI=1S/C14H17BrClN3/c1-3-14-11(9-19(2)18-14)8-17-7-10-4-5-12(15)6-13(10)16/h4-6,9,17H,3,7-8H2,1-2H3. The molecule has 0 saturated heterocycles. The van der Waals surface area contributed by atoms with Crippen molar-refractivity contribution in [1.82, 2.24) is 15.1 Å². The number of rotatable bonds is 5. The first-order valence-corrected chi connectivity index (χ1v) is 7.43. The summed E-state index contributed by atoms with van der Waals surface area (Å²) in [7, 11) is 1.95. The Morgan fingerprint density at radius 3 is 2.74 bits per heavy atom. The molecule has 0 aliphatic heterocycles. The van der Waals surface area contributed by atoms with Crippen molar-refractivity contribution in [2.75, 3.05) is 0 Å². The summed E-state index contributed by atoms with van der Waals surface area (Å²) in [5.41, 5.74) is 3.50. The summed E-state index contributed by atoms with van der Waals surface area (Å²) >= 11 is 9.59. The number of aryl methyl sites for hydroxylation is 2. The van der Waals surface area contributed by atoms with Crippen LogP contribution in [0.3, 0.4) is 0 Å². The van der Waals surface area contributed by atoms with E-state index in [1.807, 2.05) is 29.9 Å². The highest BCUT2D eigenvalue weighted by molar-refractivity contribution is 9.10. The minimum Gasteiger partial charge on any atom is -0.308 e. The van der Waals surface area contributed by atoms with Gasteiger partial charge in [-0.25, -0.2) is 0 Å². The number of aromatic nitrogens is 2. The van der Waals surface area contributed by atoms with E-state index >= 15 is 0 Å². The highest BCUT2D eigenvalue weighted by Crippen LogP contribution is 2.21. The lowest BCUT2D eigenvalue weighted by Gasteiger charge is -2.07. The van der Waals surface area contributed by atoms with Gasteiger partial charge in [0.05, 0.1) is 5.69 Å². The Kier molecular flexibility index (Phi) is 5.02. The highest BCUT2D eigenvalue weighted by Gasteiger charge is 2.06. The zero-order valence-corrected chi connectivity index (χ0v) is 13.4. The molecule has 0 aliphatic carbocycles. The Hall–Kier alpha value is -0.840. The van der Waals surface area contributed by atoms with Crippen LogP contribution in [0.15, 0.2) is 28.9 Å². The maximum atomic E-state index is 6.19. The summed E-state index contributed by atoms with van der Waals surface area (Å²) in [6, 6.07) is 5.95. The Morgan fingerprint density at radius 2 is 2.05 bits per heavy atom. The fraction of sp³-hybridized carbons (Fsp3) is 0.357. The number of hydrogen-bond donors (Lipinski definition) is 1. The minimum absolute atomic E-state index is 0.754. The molecule has 102 valence electrons. The summed E-state index contributed by atoms with van der Waals surface area (Å²) in [5, 5.41) is 8.62. The van der Waals surface area contributed by atoms with E-state index in [0.29, 0.717) is 0 Å². The SMILES string of the molecule is CCc1nn(C)cc1CNCc1ccc(Br)cc1Cl. The van der Waals surface area contributed by atoms with Crippen LogP contribution in [-0.2, 0) is 26.6 Å². The third-order valence-corrected chi connectivity index (χ3v) is 3.82. The van der Waals surface area contributed by atoms with Crippen LogP contribution in [0.25, 0.3) is 0 Å².